The van der Waals surface area contributed by atoms with Gasteiger partial charge >= 0.3 is 0 Å². The fraction of sp³-hybridized carbons (Fsp3) is 0.200. The number of hydrazine groups is 1. The number of benzene rings is 2. The lowest BCUT2D eigenvalue weighted by molar-refractivity contribution is 0.548. The lowest BCUT2D eigenvalue weighted by Gasteiger charge is -2.18. The molecule has 1 atom stereocenters. The Morgan fingerprint density at radius 1 is 1.21 bits per heavy atom. The van der Waals surface area contributed by atoms with Gasteiger partial charge < -0.3 is 0 Å². The van der Waals surface area contributed by atoms with Crippen LogP contribution in [0.5, 0.6) is 0 Å². The number of hydrogen-bond acceptors (Lipinski definition) is 2. The van der Waals surface area contributed by atoms with Crippen LogP contribution in [-0.4, -0.2) is 0 Å². The molecule has 2 aromatic rings. The Balaban J connectivity index is 2.24. The van der Waals surface area contributed by atoms with E-state index in [0.29, 0.717) is 6.42 Å². The fourth-order valence-electron chi connectivity index (χ4n) is 2.05. The Hall–Kier alpha value is -1.23. The van der Waals surface area contributed by atoms with Gasteiger partial charge in [-0.05, 0) is 42.7 Å². The van der Waals surface area contributed by atoms with E-state index in [1.165, 1.54) is 17.7 Å². The Morgan fingerprint density at radius 3 is 2.53 bits per heavy atom. The monoisotopic (exact) mass is 322 g/mol. The maximum absolute atomic E-state index is 12.9. The predicted octanol–water partition coefficient (Wildman–Crippen LogP) is 3.64. The maximum atomic E-state index is 12.9. The Labute approximate surface area is 120 Å². The second kappa shape index (κ2) is 6.28. The molecule has 1 unspecified atom stereocenters. The van der Waals surface area contributed by atoms with Gasteiger partial charge in [-0.15, -0.1) is 0 Å². The summed E-state index contributed by atoms with van der Waals surface area (Å²) < 4.78 is 13.9. The van der Waals surface area contributed by atoms with Crippen molar-refractivity contribution in [3.8, 4) is 0 Å². The van der Waals surface area contributed by atoms with Gasteiger partial charge in [0.15, 0.2) is 0 Å². The summed E-state index contributed by atoms with van der Waals surface area (Å²) in [6.07, 6.45) is 0.707. The van der Waals surface area contributed by atoms with E-state index in [-0.39, 0.29) is 11.9 Å². The largest absolute Gasteiger partial charge is 0.271 e. The Morgan fingerprint density at radius 2 is 1.89 bits per heavy atom. The molecule has 100 valence electrons. The third-order valence-corrected chi connectivity index (χ3v) is 3.80. The first-order valence-electron chi connectivity index (χ1n) is 6.07. The molecule has 2 aromatic carbocycles. The first kappa shape index (κ1) is 14.2. The molecule has 0 aliphatic rings. The van der Waals surface area contributed by atoms with Crippen LogP contribution in [0.4, 0.5) is 4.39 Å². The van der Waals surface area contributed by atoms with Crippen molar-refractivity contribution in [3.63, 3.8) is 0 Å². The molecule has 4 heteroatoms. The topological polar surface area (TPSA) is 38.0 Å². The van der Waals surface area contributed by atoms with Crippen LogP contribution in [0.2, 0.25) is 0 Å². The van der Waals surface area contributed by atoms with Gasteiger partial charge in [0.2, 0.25) is 0 Å². The zero-order valence-corrected chi connectivity index (χ0v) is 12.2. The standard InChI is InChI=1S/C15H16BrFN2/c1-10-2-7-14(16)13(8-10)15(19-18)9-11-3-5-12(17)6-4-11/h2-8,15,19H,9,18H2,1H3. The molecule has 0 radical (unpaired) electrons. The minimum Gasteiger partial charge on any atom is -0.271 e. The molecule has 0 aliphatic heterocycles. The number of nitrogens with two attached hydrogens (primary N) is 1. The zero-order valence-electron chi connectivity index (χ0n) is 10.7. The van der Waals surface area contributed by atoms with Crippen LogP contribution in [0.3, 0.4) is 0 Å². The normalized spacial score (nSPS) is 12.4. The highest BCUT2D eigenvalue weighted by atomic mass is 79.9. The van der Waals surface area contributed by atoms with E-state index in [2.05, 4.69) is 27.4 Å². The fourth-order valence-corrected chi connectivity index (χ4v) is 2.57. The molecule has 3 N–H and O–H groups in total. The summed E-state index contributed by atoms with van der Waals surface area (Å²) in [6, 6.07) is 12.6. The van der Waals surface area contributed by atoms with E-state index in [0.717, 1.165) is 15.6 Å². The summed E-state index contributed by atoms with van der Waals surface area (Å²) >= 11 is 3.54. The van der Waals surface area contributed by atoms with Crippen molar-refractivity contribution in [1.82, 2.24) is 5.43 Å². The van der Waals surface area contributed by atoms with E-state index in [1.807, 2.05) is 19.1 Å². The zero-order chi connectivity index (χ0) is 13.8. The molecular weight excluding hydrogens is 307 g/mol. The summed E-state index contributed by atoms with van der Waals surface area (Å²) in [7, 11) is 0. The highest BCUT2D eigenvalue weighted by Crippen LogP contribution is 2.26. The number of aryl methyl sites for hydroxylation is 1. The molecular formula is C15H16BrFN2. The molecule has 0 fully saturated rings. The van der Waals surface area contributed by atoms with Crippen molar-refractivity contribution in [1.29, 1.82) is 0 Å². The highest BCUT2D eigenvalue weighted by Gasteiger charge is 2.14. The van der Waals surface area contributed by atoms with Crippen molar-refractivity contribution in [2.24, 2.45) is 5.84 Å². The second-order valence-electron chi connectivity index (χ2n) is 4.57. The van der Waals surface area contributed by atoms with Gasteiger partial charge in [0.25, 0.3) is 0 Å². The van der Waals surface area contributed by atoms with Crippen LogP contribution in [0, 0.1) is 12.7 Å². The maximum Gasteiger partial charge on any atom is 0.123 e. The van der Waals surface area contributed by atoms with E-state index in [4.69, 9.17) is 5.84 Å². The van der Waals surface area contributed by atoms with Crippen LogP contribution in [0.15, 0.2) is 46.9 Å². The molecule has 0 spiro atoms. The lowest BCUT2D eigenvalue weighted by atomic mass is 9.98. The second-order valence-corrected chi connectivity index (χ2v) is 5.43. The Kier molecular flexibility index (Phi) is 4.69. The number of rotatable bonds is 4. The molecule has 0 aliphatic carbocycles. The van der Waals surface area contributed by atoms with E-state index in [9.17, 15) is 4.39 Å². The minimum atomic E-state index is -0.224. The smallest absolute Gasteiger partial charge is 0.123 e. The van der Waals surface area contributed by atoms with Crippen LogP contribution in [0.1, 0.15) is 22.7 Å². The molecule has 0 saturated heterocycles. The van der Waals surface area contributed by atoms with Crippen LogP contribution < -0.4 is 11.3 Å². The number of hydrogen-bond donors (Lipinski definition) is 2. The van der Waals surface area contributed by atoms with Crippen molar-refractivity contribution in [2.75, 3.05) is 0 Å². The molecule has 0 amide bonds. The van der Waals surface area contributed by atoms with Crippen molar-refractivity contribution in [2.45, 2.75) is 19.4 Å². The summed E-state index contributed by atoms with van der Waals surface area (Å²) in [5.41, 5.74) is 6.15. The minimum absolute atomic E-state index is 0.0141. The van der Waals surface area contributed by atoms with Gasteiger partial charge in [0, 0.05) is 4.47 Å². The van der Waals surface area contributed by atoms with Gasteiger partial charge in [0.1, 0.15) is 5.82 Å². The van der Waals surface area contributed by atoms with Crippen LogP contribution in [0.25, 0.3) is 0 Å². The SMILES string of the molecule is Cc1ccc(Br)c(C(Cc2ccc(F)cc2)NN)c1. The number of nitrogens with one attached hydrogen (secondary N) is 1. The molecule has 0 saturated carbocycles. The summed E-state index contributed by atoms with van der Waals surface area (Å²) in [6.45, 7) is 2.04. The van der Waals surface area contributed by atoms with Gasteiger partial charge in [0.05, 0.1) is 6.04 Å². The third-order valence-electron chi connectivity index (χ3n) is 3.08. The number of halogens is 2. The molecule has 0 bridgehead atoms. The first-order chi connectivity index (χ1) is 9.10. The van der Waals surface area contributed by atoms with E-state index >= 15 is 0 Å². The summed E-state index contributed by atoms with van der Waals surface area (Å²) in [4.78, 5) is 0. The van der Waals surface area contributed by atoms with Crippen molar-refractivity contribution in [3.05, 3.63) is 69.4 Å². The highest BCUT2D eigenvalue weighted by molar-refractivity contribution is 9.10. The average molecular weight is 323 g/mol. The van der Waals surface area contributed by atoms with Gasteiger partial charge in [-0.1, -0.05) is 45.8 Å². The van der Waals surface area contributed by atoms with Gasteiger partial charge in [-0.3, -0.25) is 11.3 Å². The van der Waals surface area contributed by atoms with E-state index in [1.54, 1.807) is 12.1 Å². The summed E-state index contributed by atoms with van der Waals surface area (Å²) in [5.74, 6) is 5.43. The molecule has 2 nitrogen and oxygen atoms in total. The van der Waals surface area contributed by atoms with Crippen LogP contribution in [-0.2, 0) is 6.42 Å². The van der Waals surface area contributed by atoms with Crippen LogP contribution >= 0.6 is 15.9 Å². The van der Waals surface area contributed by atoms with Crippen molar-refractivity contribution >= 4 is 15.9 Å². The van der Waals surface area contributed by atoms with Crippen molar-refractivity contribution < 1.29 is 4.39 Å². The Bertz CT molecular complexity index is 555. The van der Waals surface area contributed by atoms with E-state index < -0.39 is 0 Å². The first-order valence-corrected chi connectivity index (χ1v) is 6.86. The third kappa shape index (κ3) is 3.62. The quantitative estimate of drug-likeness (QED) is 0.666. The molecule has 2 rings (SSSR count). The lowest BCUT2D eigenvalue weighted by Crippen LogP contribution is -2.29. The molecule has 0 heterocycles. The average Bonchev–Trinajstić information content (AvgIpc) is 2.41. The molecule has 0 aromatic heterocycles. The predicted molar refractivity (Wildman–Crippen MR) is 79.0 cm³/mol. The molecule has 19 heavy (non-hydrogen) atoms. The van der Waals surface area contributed by atoms with Gasteiger partial charge in [-0.25, -0.2) is 4.39 Å². The van der Waals surface area contributed by atoms with Gasteiger partial charge in [-0.2, -0.15) is 0 Å². The summed E-state index contributed by atoms with van der Waals surface area (Å²) in [5, 5.41) is 0.